The average Bonchev–Trinajstić information content (AvgIpc) is 2.53. The van der Waals surface area contributed by atoms with Crippen LogP contribution in [0.2, 0.25) is 0 Å². The molecule has 1 aliphatic rings. The zero-order valence-electron chi connectivity index (χ0n) is 13.8. The molecule has 23 heavy (non-hydrogen) atoms. The third kappa shape index (κ3) is 3.89. The highest BCUT2D eigenvalue weighted by atomic mass is 16.6. The minimum absolute atomic E-state index is 0.333. The monoisotopic (exact) mass is 314 g/mol. The molecule has 1 aromatic carbocycles. The second-order valence-corrected chi connectivity index (χ2v) is 6.90. The van der Waals surface area contributed by atoms with Crippen molar-refractivity contribution in [2.24, 2.45) is 0 Å². The first kappa shape index (κ1) is 17.0. The van der Waals surface area contributed by atoms with Crippen molar-refractivity contribution in [1.29, 1.82) is 5.26 Å². The van der Waals surface area contributed by atoms with E-state index >= 15 is 0 Å². The largest absolute Gasteiger partial charge is 0.444 e. The topological polar surface area (TPSA) is 70.4 Å². The van der Waals surface area contributed by atoms with Crippen molar-refractivity contribution in [3.63, 3.8) is 0 Å². The molecule has 2 rings (SSSR count). The highest BCUT2D eigenvalue weighted by Gasteiger charge is 2.38. The molecule has 0 spiro atoms. The summed E-state index contributed by atoms with van der Waals surface area (Å²) >= 11 is 0. The number of benzene rings is 1. The molecule has 5 nitrogen and oxygen atoms in total. The van der Waals surface area contributed by atoms with Gasteiger partial charge in [0.15, 0.2) is 0 Å². The van der Waals surface area contributed by atoms with Crippen LogP contribution in [0.25, 0.3) is 0 Å². The normalized spacial score (nSPS) is 17.2. The van der Waals surface area contributed by atoms with Crippen LogP contribution in [0, 0.1) is 11.3 Å². The third-order valence-electron chi connectivity index (χ3n) is 4.08. The zero-order chi connectivity index (χ0) is 17.1. The average molecular weight is 314 g/mol. The molecule has 0 N–H and O–H groups in total. The molecule has 0 atom stereocenters. The number of hydrogen-bond donors (Lipinski definition) is 0. The Morgan fingerprint density at radius 1 is 1.26 bits per heavy atom. The van der Waals surface area contributed by atoms with Crippen LogP contribution in [-0.4, -0.2) is 36.0 Å². The van der Waals surface area contributed by atoms with E-state index < -0.39 is 11.0 Å². The number of amides is 1. The van der Waals surface area contributed by atoms with E-state index in [1.54, 1.807) is 17.0 Å². The lowest BCUT2D eigenvalue weighted by molar-refractivity contribution is 0.0185. The Kier molecular flexibility index (Phi) is 4.74. The predicted molar refractivity (Wildman–Crippen MR) is 86.2 cm³/mol. The Balaban J connectivity index is 2.09. The van der Waals surface area contributed by atoms with Gasteiger partial charge in [-0.3, -0.25) is 4.79 Å². The molecule has 0 aliphatic carbocycles. The third-order valence-corrected chi connectivity index (χ3v) is 4.08. The maximum atomic E-state index is 12.1. The molecule has 0 saturated carbocycles. The molecule has 1 aliphatic heterocycles. The minimum atomic E-state index is -0.611. The Morgan fingerprint density at radius 3 is 2.26 bits per heavy atom. The van der Waals surface area contributed by atoms with E-state index in [1.807, 2.05) is 32.9 Å². The first-order valence-electron chi connectivity index (χ1n) is 7.74. The van der Waals surface area contributed by atoms with Gasteiger partial charge in [0.05, 0.1) is 11.5 Å². The van der Waals surface area contributed by atoms with Crippen LogP contribution in [0.15, 0.2) is 24.3 Å². The molecule has 1 amide bonds. The van der Waals surface area contributed by atoms with E-state index in [1.165, 1.54) is 0 Å². The fourth-order valence-corrected chi connectivity index (χ4v) is 2.74. The second-order valence-electron chi connectivity index (χ2n) is 6.90. The number of piperidine rings is 1. The summed E-state index contributed by atoms with van der Waals surface area (Å²) in [7, 11) is 0. The summed E-state index contributed by atoms with van der Waals surface area (Å²) in [6.45, 7) is 6.48. The maximum absolute atomic E-state index is 12.1. The van der Waals surface area contributed by atoms with Crippen molar-refractivity contribution in [3.8, 4) is 6.07 Å². The van der Waals surface area contributed by atoms with E-state index in [2.05, 4.69) is 6.07 Å². The Labute approximate surface area is 136 Å². The summed E-state index contributed by atoms with van der Waals surface area (Å²) in [5.41, 5.74) is 0.355. The quantitative estimate of drug-likeness (QED) is 0.785. The van der Waals surface area contributed by atoms with Crippen molar-refractivity contribution < 1.29 is 14.3 Å². The van der Waals surface area contributed by atoms with Gasteiger partial charge in [-0.2, -0.15) is 5.26 Å². The van der Waals surface area contributed by atoms with Crippen LogP contribution in [0.1, 0.15) is 49.5 Å². The summed E-state index contributed by atoms with van der Waals surface area (Å²) in [5, 5.41) is 9.68. The SMILES string of the molecule is CC(C)(C)OC(=O)N1CCC(C#N)(c2ccc(C=O)cc2)CC1. The molecule has 122 valence electrons. The number of carbonyl (C=O) groups is 2. The van der Waals surface area contributed by atoms with Gasteiger partial charge in [0.25, 0.3) is 0 Å². The van der Waals surface area contributed by atoms with Crippen LogP contribution in [-0.2, 0) is 10.2 Å². The van der Waals surface area contributed by atoms with Crippen LogP contribution >= 0.6 is 0 Å². The molecule has 1 saturated heterocycles. The Bertz CT molecular complexity index is 615. The second kappa shape index (κ2) is 6.41. The van der Waals surface area contributed by atoms with E-state index in [4.69, 9.17) is 4.74 Å². The highest BCUT2D eigenvalue weighted by molar-refractivity contribution is 5.74. The molecular formula is C18H22N2O3. The smallest absolute Gasteiger partial charge is 0.410 e. The van der Waals surface area contributed by atoms with E-state index in [0.29, 0.717) is 31.5 Å². The molecule has 0 aromatic heterocycles. The Hall–Kier alpha value is -2.35. The number of carbonyl (C=O) groups excluding carboxylic acids is 2. The van der Waals surface area contributed by atoms with Gasteiger partial charge in [0, 0.05) is 18.7 Å². The van der Waals surface area contributed by atoms with Gasteiger partial charge < -0.3 is 9.64 Å². The first-order valence-corrected chi connectivity index (χ1v) is 7.74. The highest BCUT2D eigenvalue weighted by Crippen LogP contribution is 2.35. The van der Waals surface area contributed by atoms with Crippen molar-refractivity contribution in [3.05, 3.63) is 35.4 Å². The number of rotatable bonds is 2. The Morgan fingerprint density at radius 2 is 1.83 bits per heavy atom. The summed E-state index contributed by atoms with van der Waals surface area (Å²) in [6.07, 6.45) is 1.57. The van der Waals surface area contributed by atoms with Gasteiger partial charge in [-0.05, 0) is 39.2 Å². The van der Waals surface area contributed by atoms with Crippen molar-refractivity contribution >= 4 is 12.4 Å². The van der Waals surface area contributed by atoms with Crippen LogP contribution in [0.3, 0.4) is 0 Å². The maximum Gasteiger partial charge on any atom is 0.410 e. The zero-order valence-corrected chi connectivity index (χ0v) is 13.8. The number of aldehydes is 1. The van der Waals surface area contributed by atoms with Gasteiger partial charge in [-0.1, -0.05) is 24.3 Å². The lowest BCUT2D eigenvalue weighted by Gasteiger charge is -2.38. The molecule has 0 unspecified atom stereocenters. The molecule has 0 radical (unpaired) electrons. The van der Waals surface area contributed by atoms with Crippen molar-refractivity contribution in [2.45, 2.75) is 44.6 Å². The van der Waals surface area contributed by atoms with E-state index in [-0.39, 0.29) is 6.09 Å². The van der Waals surface area contributed by atoms with Crippen LogP contribution < -0.4 is 0 Å². The fraction of sp³-hybridized carbons (Fsp3) is 0.500. The van der Waals surface area contributed by atoms with E-state index in [9.17, 15) is 14.9 Å². The van der Waals surface area contributed by atoms with Crippen LogP contribution in [0.5, 0.6) is 0 Å². The van der Waals surface area contributed by atoms with Crippen molar-refractivity contribution in [1.82, 2.24) is 4.90 Å². The number of hydrogen-bond acceptors (Lipinski definition) is 4. The number of ether oxygens (including phenoxy) is 1. The molecular weight excluding hydrogens is 292 g/mol. The molecule has 5 heteroatoms. The van der Waals surface area contributed by atoms with E-state index in [0.717, 1.165) is 11.8 Å². The number of likely N-dealkylation sites (tertiary alicyclic amines) is 1. The molecule has 1 fully saturated rings. The van der Waals surface area contributed by atoms with Gasteiger partial charge >= 0.3 is 6.09 Å². The lowest BCUT2D eigenvalue weighted by Crippen LogP contribution is -2.46. The summed E-state index contributed by atoms with van der Waals surface area (Å²) in [4.78, 5) is 24.5. The van der Waals surface area contributed by atoms with Gasteiger partial charge in [0.1, 0.15) is 11.9 Å². The minimum Gasteiger partial charge on any atom is -0.444 e. The molecule has 0 bridgehead atoms. The molecule has 1 heterocycles. The first-order chi connectivity index (χ1) is 10.8. The fourth-order valence-electron chi connectivity index (χ4n) is 2.74. The summed E-state index contributed by atoms with van der Waals surface area (Å²) < 4.78 is 5.38. The lowest BCUT2D eigenvalue weighted by atomic mass is 9.74. The van der Waals surface area contributed by atoms with Gasteiger partial charge in [-0.15, -0.1) is 0 Å². The van der Waals surface area contributed by atoms with Gasteiger partial charge in [-0.25, -0.2) is 4.79 Å². The van der Waals surface area contributed by atoms with Crippen LogP contribution in [0.4, 0.5) is 4.79 Å². The molecule has 1 aromatic rings. The standard InChI is InChI=1S/C18H22N2O3/c1-17(2,3)23-16(22)20-10-8-18(13-19,9-11-20)15-6-4-14(12-21)5-7-15/h4-7,12H,8-11H2,1-3H3. The summed E-state index contributed by atoms with van der Waals surface area (Å²) in [6, 6.07) is 9.52. The predicted octanol–water partition coefficient (Wildman–Crippen LogP) is 3.29. The number of nitrogens with zero attached hydrogens (tertiary/aromatic N) is 2. The van der Waals surface area contributed by atoms with Crippen molar-refractivity contribution in [2.75, 3.05) is 13.1 Å². The van der Waals surface area contributed by atoms with Gasteiger partial charge in [0.2, 0.25) is 0 Å². The summed E-state index contributed by atoms with van der Waals surface area (Å²) in [5.74, 6) is 0. The number of nitriles is 1.